The Labute approximate surface area is 90.5 Å². The van der Waals surface area contributed by atoms with Crippen LogP contribution in [-0.4, -0.2) is 12.3 Å². The monoisotopic (exact) mass is 201 g/mol. The van der Waals surface area contributed by atoms with Gasteiger partial charge in [0.15, 0.2) is 0 Å². The third kappa shape index (κ3) is 3.57. The largest absolute Gasteiger partial charge is 0.330 e. The van der Waals surface area contributed by atoms with Crippen LogP contribution in [0.2, 0.25) is 0 Å². The second-order valence-corrected chi connectivity index (χ2v) is 3.32. The van der Waals surface area contributed by atoms with Crippen LogP contribution in [0.4, 0.5) is 0 Å². The molecule has 2 heteroatoms. The number of nitrogens with two attached hydrogens (primary N) is 1. The van der Waals surface area contributed by atoms with Gasteiger partial charge in [0, 0.05) is 18.0 Å². The molecule has 0 aliphatic rings. The average molecular weight is 201 g/mol. The second-order valence-electron chi connectivity index (χ2n) is 3.32. The molecular formula is C13H15NO. The number of benzene rings is 1. The molecule has 0 saturated carbocycles. The molecule has 1 aromatic carbocycles. The van der Waals surface area contributed by atoms with Crippen molar-refractivity contribution in [2.45, 2.75) is 13.3 Å². The lowest BCUT2D eigenvalue weighted by atomic mass is 10.0. The molecule has 2 nitrogen and oxygen atoms in total. The van der Waals surface area contributed by atoms with E-state index in [-0.39, 0.29) is 11.7 Å². The predicted molar refractivity (Wildman–Crippen MR) is 61.2 cm³/mol. The SMILES string of the molecule is CCC(CN)C(=O)C#Cc1ccccc1. The van der Waals surface area contributed by atoms with Crippen molar-refractivity contribution in [3.05, 3.63) is 35.9 Å². The van der Waals surface area contributed by atoms with Crippen LogP contribution in [-0.2, 0) is 4.79 Å². The molecule has 1 atom stereocenters. The van der Waals surface area contributed by atoms with Crippen molar-refractivity contribution in [3.8, 4) is 11.8 Å². The maximum Gasteiger partial charge on any atom is 0.210 e. The lowest BCUT2D eigenvalue weighted by molar-refractivity contribution is -0.117. The fourth-order valence-corrected chi connectivity index (χ4v) is 1.22. The molecule has 0 aliphatic carbocycles. The number of hydrogen-bond acceptors (Lipinski definition) is 2. The van der Waals surface area contributed by atoms with Crippen LogP contribution >= 0.6 is 0 Å². The predicted octanol–water partition coefficient (Wildman–Crippen LogP) is 1.59. The summed E-state index contributed by atoms with van der Waals surface area (Å²) in [7, 11) is 0. The van der Waals surface area contributed by atoms with Gasteiger partial charge in [-0.25, -0.2) is 0 Å². The molecule has 1 unspecified atom stereocenters. The van der Waals surface area contributed by atoms with Crippen LogP contribution in [0.5, 0.6) is 0 Å². The van der Waals surface area contributed by atoms with E-state index in [9.17, 15) is 4.79 Å². The Morgan fingerprint density at radius 1 is 1.40 bits per heavy atom. The van der Waals surface area contributed by atoms with Crippen molar-refractivity contribution in [2.24, 2.45) is 11.7 Å². The lowest BCUT2D eigenvalue weighted by Gasteiger charge is -2.04. The number of Topliss-reactive ketones (excluding diaryl/α,β-unsaturated/α-hetero) is 1. The number of hydrogen-bond donors (Lipinski definition) is 1. The van der Waals surface area contributed by atoms with Gasteiger partial charge in [0.25, 0.3) is 0 Å². The second kappa shape index (κ2) is 6.00. The van der Waals surface area contributed by atoms with E-state index in [1.54, 1.807) is 0 Å². The summed E-state index contributed by atoms with van der Waals surface area (Å²) in [6.45, 7) is 2.32. The van der Waals surface area contributed by atoms with Crippen molar-refractivity contribution in [1.82, 2.24) is 0 Å². The zero-order valence-corrected chi connectivity index (χ0v) is 8.86. The quantitative estimate of drug-likeness (QED) is 0.755. The zero-order chi connectivity index (χ0) is 11.1. The summed E-state index contributed by atoms with van der Waals surface area (Å²) in [6.07, 6.45) is 0.749. The van der Waals surface area contributed by atoms with E-state index in [0.717, 1.165) is 12.0 Å². The van der Waals surface area contributed by atoms with E-state index in [1.807, 2.05) is 37.3 Å². The summed E-state index contributed by atoms with van der Waals surface area (Å²) < 4.78 is 0. The summed E-state index contributed by atoms with van der Waals surface area (Å²) in [5.74, 6) is 5.28. The fourth-order valence-electron chi connectivity index (χ4n) is 1.22. The highest BCUT2D eigenvalue weighted by Crippen LogP contribution is 2.01. The van der Waals surface area contributed by atoms with Crippen molar-refractivity contribution >= 4 is 5.78 Å². The molecular weight excluding hydrogens is 186 g/mol. The van der Waals surface area contributed by atoms with Gasteiger partial charge in [0.05, 0.1) is 0 Å². The Kier molecular flexibility index (Phi) is 4.59. The summed E-state index contributed by atoms with van der Waals surface area (Å²) in [6, 6.07) is 9.47. The Hall–Kier alpha value is -1.59. The molecule has 0 heterocycles. The summed E-state index contributed by atoms with van der Waals surface area (Å²) in [5.41, 5.74) is 6.32. The highest BCUT2D eigenvalue weighted by atomic mass is 16.1. The van der Waals surface area contributed by atoms with Crippen LogP contribution in [0.15, 0.2) is 30.3 Å². The highest BCUT2D eigenvalue weighted by molar-refractivity contribution is 5.97. The first-order valence-corrected chi connectivity index (χ1v) is 5.09. The Balaban J connectivity index is 2.70. The van der Waals surface area contributed by atoms with Gasteiger partial charge in [0.1, 0.15) is 0 Å². The minimum atomic E-state index is -0.124. The summed E-state index contributed by atoms with van der Waals surface area (Å²) in [4.78, 5) is 11.5. The topological polar surface area (TPSA) is 43.1 Å². The third-order valence-corrected chi connectivity index (χ3v) is 2.25. The molecule has 0 saturated heterocycles. The highest BCUT2D eigenvalue weighted by Gasteiger charge is 2.11. The van der Waals surface area contributed by atoms with Crippen LogP contribution in [0, 0.1) is 17.8 Å². The first kappa shape index (κ1) is 11.5. The number of ketones is 1. The molecule has 0 aromatic heterocycles. The summed E-state index contributed by atoms with van der Waals surface area (Å²) in [5, 5.41) is 0. The van der Waals surface area contributed by atoms with Gasteiger partial charge in [-0.15, -0.1) is 0 Å². The molecule has 0 amide bonds. The maximum atomic E-state index is 11.5. The van der Waals surface area contributed by atoms with Crippen LogP contribution in [0.25, 0.3) is 0 Å². The van der Waals surface area contributed by atoms with Crippen molar-refractivity contribution in [2.75, 3.05) is 6.54 Å². The number of carbonyl (C=O) groups is 1. The standard InChI is InChI=1S/C13H15NO/c1-2-12(10-14)13(15)9-8-11-6-4-3-5-7-11/h3-7,12H,2,10,14H2,1H3. The normalized spacial score (nSPS) is 11.3. The molecule has 0 radical (unpaired) electrons. The molecule has 1 rings (SSSR count). The zero-order valence-electron chi connectivity index (χ0n) is 8.86. The molecule has 0 aliphatic heterocycles. The first-order chi connectivity index (χ1) is 7.27. The third-order valence-electron chi connectivity index (χ3n) is 2.25. The van der Waals surface area contributed by atoms with Gasteiger partial charge in [-0.3, -0.25) is 4.79 Å². The Bertz CT molecular complexity index is 369. The number of rotatable bonds is 3. The molecule has 1 aromatic rings. The van der Waals surface area contributed by atoms with E-state index in [2.05, 4.69) is 11.8 Å². The van der Waals surface area contributed by atoms with Gasteiger partial charge in [-0.2, -0.15) is 0 Å². The Morgan fingerprint density at radius 2 is 2.07 bits per heavy atom. The fraction of sp³-hybridized carbons (Fsp3) is 0.308. The molecule has 78 valence electrons. The smallest absolute Gasteiger partial charge is 0.210 e. The minimum absolute atomic E-state index is 0.0659. The van der Waals surface area contributed by atoms with Gasteiger partial charge >= 0.3 is 0 Å². The van der Waals surface area contributed by atoms with E-state index < -0.39 is 0 Å². The molecule has 0 fully saturated rings. The van der Waals surface area contributed by atoms with Gasteiger partial charge < -0.3 is 5.73 Å². The minimum Gasteiger partial charge on any atom is -0.330 e. The lowest BCUT2D eigenvalue weighted by Crippen LogP contribution is -2.21. The molecule has 15 heavy (non-hydrogen) atoms. The molecule has 0 spiro atoms. The Morgan fingerprint density at radius 3 is 2.60 bits per heavy atom. The van der Waals surface area contributed by atoms with Crippen LogP contribution in [0.1, 0.15) is 18.9 Å². The molecule has 0 bridgehead atoms. The van der Waals surface area contributed by atoms with E-state index >= 15 is 0 Å². The van der Waals surface area contributed by atoms with E-state index in [0.29, 0.717) is 6.54 Å². The number of carbonyl (C=O) groups excluding carboxylic acids is 1. The molecule has 2 N–H and O–H groups in total. The van der Waals surface area contributed by atoms with E-state index in [4.69, 9.17) is 5.73 Å². The van der Waals surface area contributed by atoms with Crippen LogP contribution in [0.3, 0.4) is 0 Å². The van der Waals surface area contributed by atoms with E-state index in [1.165, 1.54) is 0 Å². The van der Waals surface area contributed by atoms with Crippen molar-refractivity contribution in [1.29, 1.82) is 0 Å². The van der Waals surface area contributed by atoms with Crippen molar-refractivity contribution < 1.29 is 4.79 Å². The first-order valence-electron chi connectivity index (χ1n) is 5.09. The van der Waals surface area contributed by atoms with Gasteiger partial charge in [-0.05, 0) is 24.5 Å². The average Bonchev–Trinajstić information content (AvgIpc) is 2.29. The summed E-state index contributed by atoms with van der Waals surface area (Å²) >= 11 is 0. The van der Waals surface area contributed by atoms with Gasteiger partial charge in [0.2, 0.25) is 5.78 Å². The van der Waals surface area contributed by atoms with Crippen LogP contribution < -0.4 is 5.73 Å². The maximum absolute atomic E-state index is 11.5. The van der Waals surface area contributed by atoms with Crippen molar-refractivity contribution in [3.63, 3.8) is 0 Å². The van der Waals surface area contributed by atoms with Gasteiger partial charge in [-0.1, -0.05) is 31.0 Å².